The topological polar surface area (TPSA) is 15.3 Å². The van der Waals surface area contributed by atoms with Crippen LogP contribution in [0.1, 0.15) is 5.56 Å². The molecule has 0 amide bonds. The lowest BCUT2D eigenvalue weighted by Gasteiger charge is -2.39. The molecule has 3 aliphatic heterocycles. The highest BCUT2D eigenvalue weighted by Crippen LogP contribution is 2.53. The molecule has 0 fully saturated rings. The lowest BCUT2D eigenvalue weighted by molar-refractivity contribution is 1.16. The zero-order valence-electron chi connectivity index (χ0n) is 23.4. The molecule has 0 spiro atoms. The average molecular weight is 605 g/mol. The molecular weight excluding hydrogens is 579 g/mol. The highest BCUT2D eigenvalue weighted by molar-refractivity contribution is 8.05. The van der Waals surface area contributed by atoms with Crippen LogP contribution in [0, 0.1) is 6.92 Å². The van der Waals surface area contributed by atoms with Gasteiger partial charge in [0, 0.05) is 52.0 Å². The number of hydrogen-bond acceptors (Lipinski definition) is 5. The van der Waals surface area contributed by atoms with E-state index in [-0.39, 0.29) is 0 Å². The Labute approximate surface area is 265 Å². The molecule has 43 heavy (non-hydrogen) atoms. The summed E-state index contributed by atoms with van der Waals surface area (Å²) in [4.78, 5) is 10.4. The fraction of sp³-hybridized carbons (Fsp3) is 0.0270. The Morgan fingerprint density at radius 1 is 0.558 bits per heavy atom. The molecule has 3 aliphatic rings. The molecule has 0 saturated heterocycles. The van der Waals surface area contributed by atoms with Gasteiger partial charge in [-0.3, -0.25) is 0 Å². The van der Waals surface area contributed by atoms with E-state index in [0.29, 0.717) is 0 Å². The van der Waals surface area contributed by atoms with Crippen molar-refractivity contribution in [3.05, 3.63) is 127 Å². The SMILES string of the molecule is Cc1cc(-c2cc3c(cc2Nc2ccccc2)Sc2ccccc2S3)c2c(c1)N1c3ccccc3Sc3cccc(c31)B2. The number of fused-ring (bicyclic) bond motifs is 6. The third-order valence-electron chi connectivity index (χ3n) is 8.33. The number of rotatable bonds is 3. The molecule has 0 atom stereocenters. The first-order chi connectivity index (χ1) is 21.2. The Morgan fingerprint density at radius 2 is 1.23 bits per heavy atom. The summed E-state index contributed by atoms with van der Waals surface area (Å²) in [6.07, 6.45) is 0. The summed E-state index contributed by atoms with van der Waals surface area (Å²) < 4.78 is 0. The lowest BCUT2D eigenvalue weighted by atomic mass is 9.58. The number of aryl methyl sites for hydroxylation is 1. The quantitative estimate of drug-likeness (QED) is 0.201. The second-order valence-corrected chi connectivity index (χ2v) is 14.4. The van der Waals surface area contributed by atoms with E-state index in [1.807, 2.05) is 35.3 Å². The Balaban J connectivity index is 1.27. The van der Waals surface area contributed by atoms with Crippen LogP contribution >= 0.6 is 35.3 Å². The molecule has 1 N–H and O–H groups in total. The third kappa shape index (κ3) is 4.23. The fourth-order valence-electron chi connectivity index (χ4n) is 6.46. The second kappa shape index (κ2) is 10.1. The molecule has 0 bridgehead atoms. The summed E-state index contributed by atoms with van der Waals surface area (Å²) >= 11 is 5.64. The Kier molecular flexibility index (Phi) is 5.97. The van der Waals surface area contributed by atoms with Crippen molar-refractivity contribution in [2.45, 2.75) is 36.3 Å². The number of benzene rings is 6. The van der Waals surface area contributed by atoms with Crippen LogP contribution in [0.25, 0.3) is 11.1 Å². The van der Waals surface area contributed by atoms with E-state index in [1.165, 1.54) is 74.1 Å². The molecule has 3 heterocycles. The van der Waals surface area contributed by atoms with Crippen LogP contribution in [0.2, 0.25) is 0 Å². The van der Waals surface area contributed by atoms with Crippen molar-refractivity contribution in [2.24, 2.45) is 0 Å². The van der Waals surface area contributed by atoms with Gasteiger partial charge in [0.25, 0.3) is 0 Å². The van der Waals surface area contributed by atoms with Crippen molar-refractivity contribution < 1.29 is 0 Å². The number of anilines is 5. The monoisotopic (exact) mass is 604 g/mol. The summed E-state index contributed by atoms with van der Waals surface area (Å²) in [7, 11) is 0.903. The van der Waals surface area contributed by atoms with E-state index in [0.717, 1.165) is 18.7 Å². The van der Waals surface area contributed by atoms with Gasteiger partial charge in [-0.1, -0.05) is 101 Å². The van der Waals surface area contributed by atoms with Gasteiger partial charge < -0.3 is 10.2 Å². The standard InChI is InChI=1S/C37H25BN2S3/c1-22-18-25(36-29(19-22)40-28-13-5-6-14-30(28)41-33-17-9-12-26(38-36)37(33)40)24-20-34-35(43-32-16-8-7-15-31(32)42-34)21-27(24)39-23-10-3-2-4-11-23/h2-21,38-39H,1H3. The number of nitrogens with one attached hydrogen (secondary N) is 1. The third-order valence-corrected chi connectivity index (χ3v) is 12.0. The first kappa shape index (κ1) is 25.5. The maximum absolute atomic E-state index is 3.81. The van der Waals surface area contributed by atoms with Crippen molar-refractivity contribution in [3.63, 3.8) is 0 Å². The molecule has 9 rings (SSSR count). The van der Waals surface area contributed by atoms with Crippen molar-refractivity contribution in [3.8, 4) is 11.1 Å². The maximum atomic E-state index is 3.81. The van der Waals surface area contributed by atoms with E-state index >= 15 is 0 Å². The number of nitrogens with zero attached hydrogens (tertiary/aromatic N) is 1. The van der Waals surface area contributed by atoms with Gasteiger partial charge in [0.1, 0.15) is 0 Å². The van der Waals surface area contributed by atoms with Gasteiger partial charge in [-0.2, -0.15) is 0 Å². The summed E-state index contributed by atoms with van der Waals surface area (Å²) in [5.74, 6) is 0. The summed E-state index contributed by atoms with van der Waals surface area (Å²) in [5.41, 5.74) is 12.7. The minimum atomic E-state index is 0.903. The first-order valence-corrected chi connectivity index (χ1v) is 16.9. The van der Waals surface area contributed by atoms with Crippen LogP contribution in [0.5, 0.6) is 0 Å². The highest BCUT2D eigenvalue weighted by atomic mass is 32.2. The summed E-state index contributed by atoms with van der Waals surface area (Å²) in [5, 5.41) is 3.81. The van der Waals surface area contributed by atoms with E-state index in [4.69, 9.17) is 0 Å². The van der Waals surface area contributed by atoms with Gasteiger partial charge >= 0.3 is 0 Å². The van der Waals surface area contributed by atoms with Crippen LogP contribution < -0.4 is 21.1 Å². The van der Waals surface area contributed by atoms with Crippen molar-refractivity contribution in [2.75, 3.05) is 10.2 Å². The van der Waals surface area contributed by atoms with Crippen LogP contribution in [0.4, 0.5) is 28.4 Å². The Bertz CT molecular complexity index is 2090. The van der Waals surface area contributed by atoms with Crippen LogP contribution in [-0.2, 0) is 0 Å². The minimum Gasteiger partial charge on any atom is -0.355 e. The predicted molar refractivity (Wildman–Crippen MR) is 186 cm³/mol. The molecule has 0 radical (unpaired) electrons. The average Bonchev–Trinajstić information content (AvgIpc) is 3.04. The summed E-state index contributed by atoms with van der Waals surface area (Å²) in [6.45, 7) is 2.24. The van der Waals surface area contributed by atoms with Crippen molar-refractivity contribution >= 4 is 81.9 Å². The zero-order chi connectivity index (χ0) is 28.5. The van der Waals surface area contributed by atoms with E-state index < -0.39 is 0 Å². The van der Waals surface area contributed by atoms with Crippen molar-refractivity contribution in [1.29, 1.82) is 0 Å². The Hall–Kier alpha value is -3.97. The molecule has 204 valence electrons. The van der Waals surface area contributed by atoms with Gasteiger partial charge in [-0.15, -0.1) is 0 Å². The van der Waals surface area contributed by atoms with Gasteiger partial charge in [-0.25, -0.2) is 0 Å². The summed E-state index contributed by atoms with van der Waals surface area (Å²) in [6, 6.07) is 44.5. The fourth-order valence-corrected chi connectivity index (χ4v) is 9.85. The van der Waals surface area contributed by atoms with Crippen LogP contribution in [-0.4, -0.2) is 7.28 Å². The van der Waals surface area contributed by atoms with Crippen molar-refractivity contribution in [1.82, 2.24) is 0 Å². The molecule has 6 aromatic rings. The number of hydrogen-bond donors (Lipinski definition) is 1. The van der Waals surface area contributed by atoms with Crippen LogP contribution in [0.15, 0.2) is 151 Å². The minimum absolute atomic E-state index is 0.903. The second-order valence-electron chi connectivity index (χ2n) is 11.1. The molecule has 2 nitrogen and oxygen atoms in total. The highest BCUT2D eigenvalue weighted by Gasteiger charge is 2.34. The molecule has 0 aromatic heterocycles. The van der Waals surface area contributed by atoms with Gasteiger partial charge in [-0.05, 0) is 84.2 Å². The molecule has 6 aromatic carbocycles. The first-order valence-electron chi connectivity index (χ1n) is 14.5. The normalized spacial score (nSPS) is 13.6. The molecule has 0 unspecified atom stereocenters. The molecule has 0 saturated carbocycles. The predicted octanol–water partition coefficient (Wildman–Crippen LogP) is 9.66. The van der Waals surface area contributed by atoms with E-state index in [9.17, 15) is 0 Å². The molecular formula is C37H25BN2S3. The molecule has 6 heteroatoms. The van der Waals surface area contributed by atoms with Gasteiger partial charge in [0.15, 0.2) is 7.28 Å². The number of para-hydroxylation sites is 3. The van der Waals surface area contributed by atoms with E-state index in [2.05, 4.69) is 138 Å². The van der Waals surface area contributed by atoms with Crippen LogP contribution in [0.3, 0.4) is 0 Å². The Morgan fingerprint density at radius 3 is 2.05 bits per heavy atom. The van der Waals surface area contributed by atoms with E-state index in [1.54, 1.807) is 0 Å². The lowest BCUT2D eigenvalue weighted by Crippen LogP contribution is -2.42. The maximum Gasteiger partial charge on any atom is 0.198 e. The molecule has 0 aliphatic carbocycles. The van der Waals surface area contributed by atoms with Gasteiger partial charge in [0.05, 0.1) is 11.4 Å². The smallest absolute Gasteiger partial charge is 0.198 e. The largest absolute Gasteiger partial charge is 0.355 e. The zero-order valence-corrected chi connectivity index (χ0v) is 25.9. The van der Waals surface area contributed by atoms with Gasteiger partial charge in [0.2, 0.25) is 0 Å².